The van der Waals surface area contributed by atoms with Crippen LogP contribution in [0.4, 0.5) is 0 Å². The van der Waals surface area contributed by atoms with E-state index < -0.39 is 20.0 Å². The van der Waals surface area contributed by atoms with Crippen molar-refractivity contribution in [3.05, 3.63) is 36.5 Å². The summed E-state index contributed by atoms with van der Waals surface area (Å²) in [6.07, 6.45) is 63.8. The van der Waals surface area contributed by atoms with E-state index in [0.29, 0.717) is 17.4 Å². The highest BCUT2D eigenvalue weighted by molar-refractivity contribution is 7.47. The second-order valence-corrected chi connectivity index (χ2v) is 22.5. The molecule has 3 unspecified atom stereocenters. The number of amides is 1. The predicted molar refractivity (Wildman–Crippen MR) is 291 cm³/mol. The van der Waals surface area contributed by atoms with E-state index in [1.165, 1.54) is 212 Å². The Balaban J connectivity index is 4.16. The second kappa shape index (κ2) is 49.7. The minimum absolute atomic E-state index is 0.0626. The number of hydrogen-bond acceptors (Lipinski definition) is 5. The molecular weight excluding hydrogens is 852 g/mol. The third-order valence-corrected chi connectivity index (χ3v) is 14.1. The number of allylic oxidation sites excluding steroid dienone is 5. The molecule has 1 amide bonds. The van der Waals surface area contributed by atoms with Gasteiger partial charge in [-0.3, -0.25) is 13.8 Å². The molecule has 9 heteroatoms. The molecule has 3 N–H and O–H groups in total. The maximum Gasteiger partial charge on any atom is 0.472 e. The maximum atomic E-state index is 13.0. The zero-order chi connectivity index (χ0) is 49.2. The van der Waals surface area contributed by atoms with Crippen molar-refractivity contribution in [2.24, 2.45) is 0 Å². The molecule has 8 nitrogen and oxygen atoms in total. The minimum atomic E-state index is -4.34. The first-order valence-corrected chi connectivity index (χ1v) is 30.4. The van der Waals surface area contributed by atoms with Crippen LogP contribution in [0.25, 0.3) is 0 Å². The Morgan fingerprint density at radius 3 is 1.22 bits per heavy atom. The van der Waals surface area contributed by atoms with Gasteiger partial charge in [0.15, 0.2) is 0 Å². The molecule has 0 aliphatic heterocycles. The molecule has 0 aromatic heterocycles. The van der Waals surface area contributed by atoms with Gasteiger partial charge >= 0.3 is 7.82 Å². The molecule has 0 saturated carbocycles. The highest BCUT2D eigenvalue weighted by Crippen LogP contribution is 2.43. The zero-order valence-corrected chi connectivity index (χ0v) is 46.0. The number of hydrogen-bond donors (Lipinski definition) is 3. The summed E-state index contributed by atoms with van der Waals surface area (Å²) in [4.78, 5) is 23.3. The molecule has 0 bridgehead atoms. The Bertz CT molecular complexity index is 1190. The Morgan fingerprint density at radius 1 is 0.507 bits per heavy atom. The van der Waals surface area contributed by atoms with Crippen LogP contribution in [0.2, 0.25) is 0 Å². The lowest BCUT2D eigenvalue weighted by molar-refractivity contribution is -0.870. The summed E-state index contributed by atoms with van der Waals surface area (Å²) in [5.41, 5.74) is 0. The average Bonchev–Trinajstić information content (AvgIpc) is 3.29. The molecule has 0 saturated heterocycles. The lowest BCUT2D eigenvalue weighted by Crippen LogP contribution is -2.45. The van der Waals surface area contributed by atoms with E-state index in [-0.39, 0.29) is 19.1 Å². The summed E-state index contributed by atoms with van der Waals surface area (Å²) in [5, 5.41) is 13.9. The fourth-order valence-corrected chi connectivity index (χ4v) is 9.28. The minimum Gasteiger partial charge on any atom is -0.387 e. The van der Waals surface area contributed by atoms with Gasteiger partial charge in [0.25, 0.3) is 0 Å². The van der Waals surface area contributed by atoms with Crippen LogP contribution >= 0.6 is 7.82 Å². The smallest absolute Gasteiger partial charge is 0.387 e. The van der Waals surface area contributed by atoms with E-state index in [1.807, 2.05) is 27.2 Å². The first kappa shape index (κ1) is 65.7. The van der Waals surface area contributed by atoms with Crippen molar-refractivity contribution >= 4 is 13.7 Å². The molecule has 0 aromatic rings. The Labute approximate surface area is 417 Å². The Hall–Kier alpha value is -1.28. The number of carbonyl (C=O) groups is 1. The fourth-order valence-electron chi connectivity index (χ4n) is 8.54. The van der Waals surface area contributed by atoms with Crippen LogP contribution in [0, 0.1) is 0 Å². The average molecular weight is 967 g/mol. The van der Waals surface area contributed by atoms with Crippen LogP contribution in [-0.2, 0) is 18.4 Å². The molecule has 0 aliphatic rings. The highest BCUT2D eigenvalue weighted by atomic mass is 31.2. The summed E-state index contributed by atoms with van der Waals surface area (Å²) in [7, 11) is 1.58. The van der Waals surface area contributed by atoms with Gasteiger partial charge in [0.05, 0.1) is 39.9 Å². The van der Waals surface area contributed by atoms with Gasteiger partial charge in [0.2, 0.25) is 5.91 Å². The molecule has 0 spiro atoms. The first-order chi connectivity index (χ1) is 32.5. The van der Waals surface area contributed by atoms with Crippen LogP contribution in [0.15, 0.2) is 36.5 Å². The van der Waals surface area contributed by atoms with Crippen molar-refractivity contribution in [2.45, 2.75) is 289 Å². The van der Waals surface area contributed by atoms with Crippen molar-refractivity contribution in [3.8, 4) is 0 Å². The summed E-state index contributed by atoms with van der Waals surface area (Å²) in [6.45, 7) is 4.84. The lowest BCUT2D eigenvalue weighted by Gasteiger charge is -2.25. The SMILES string of the molecule is CCCCCCC/C=C\C/C=C\CCCCCCCCCCCCCCCCCC(=O)NC(COP(=O)(O)OCC[N+](C)(C)C)C(O)/C=C/CCCCCCCCCCCCCCCCCC. The van der Waals surface area contributed by atoms with Crippen molar-refractivity contribution in [1.82, 2.24) is 5.32 Å². The number of quaternary nitrogens is 1. The maximum absolute atomic E-state index is 13.0. The monoisotopic (exact) mass is 966 g/mol. The molecule has 3 atom stereocenters. The zero-order valence-electron chi connectivity index (χ0n) is 45.2. The van der Waals surface area contributed by atoms with Gasteiger partial charge in [0.1, 0.15) is 13.2 Å². The quantitative estimate of drug-likeness (QED) is 0.0243. The van der Waals surface area contributed by atoms with E-state index >= 15 is 0 Å². The van der Waals surface area contributed by atoms with Gasteiger partial charge < -0.3 is 19.8 Å². The number of nitrogens with zero attached hydrogens (tertiary/aromatic N) is 1. The number of carbonyl (C=O) groups excluding carboxylic acids is 1. The van der Waals surface area contributed by atoms with E-state index in [2.05, 4.69) is 43.5 Å². The Morgan fingerprint density at radius 2 is 0.851 bits per heavy atom. The normalized spacial score (nSPS) is 14.2. The molecule has 0 aliphatic carbocycles. The molecule has 0 rings (SSSR count). The molecule has 0 aromatic carbocycles. The number of likely N-dealkylation sites (N-methyl/N-ethyl adjacent to an activating group) is 1. The molecule has 67 heavy (non-hydrogen) atoms. The number of unbranched alkanes of at least 4 members (excludes halogenated alkanes) is 36. The van der Waals surface area contributed by atoms with Crippen molar-refractivity contribution in [3.63, 3.8) is 0 Å². The summed E-state index contributed by atoms with van der Waals surface area (Å²) < 4.78 is 23.7. The van der Waals surface area contributed by atoms with Crippen LogP contribution in [-0.4, -0.2) is 73.4 Å². The van der Waals surface area contributed by atoms with E-state index in [1.54, 1.807) is 6.08 Å². The van der Waals surface area contributed by atoms with Crippen molar-refractivity contribution in [1.29, 1.82) is 0 Å². The van der Waals surface area contributed by atoms with Gasteiger partial charge in [0, 0.05) is 6.42 Å². The van der Waals surface area contributed by atoms with Crippen LogP contribution in [0.1, 0.15) is 277 Å². The lowest BCUT2D eigenvalue weighted by atomic mass is 10.0. The number of nitrogens with one attached hydrogen (secondary N) is 1. The topological polar surface area (TPSA) is 105 Å². The number of rotatable bonds is 53. The van der Waals surface area contributed by atoms with Crippen LogP contribution in [0.3, 0.4) is 0 Å². The van der Waals surface area contributed by atoms with Gasteiger partial charge in [-0.1, -0.05) is 256 Å². The largest absolute Gasteiger partial charge is 0.472 e. The van der Waals surface area contributed by atoms with Gasteiger partial charge in [-0.25, -0.2) is 4.57 Å². The van der Waals surface area contributed by atoms with Gasteiger partial charge in [-0.05, 0) is 51.4 Å². The third kappa shape index (κ3) is 52.4. The van der Waals surface area contributed by atoms with Crippen molar-refractivity contribution in [2.75, 3.05) is 40.9 Å². The highest BCUT2D eigenvalue weighted by Gasteiger charge is 2.27. The molecule has 0 fully saturated rings. The number of phosphoric acid groups is 1. The van der Waals surface area contributed by atoms with Crippen LogP contribution < -0.4 is 5.32 Å². The third-order valence-electron chi connectivity index (χ3n) is 13.1. The molecule has 0 radical (unpaired) electrons. The molecule has 0 heterocycles. The predicted octanol–water partition coefficient (Wildman–Crippen LogP) is 17.4. The van der Waals surface area contributed by atoms with Gasteiger partial charge in [-0.2, -0.15) is 0 Å². The summed E-state index contributed by atoms with van der Waals surface area (Å²) in [5.74, 6) is -0.174. The van der Waals surface area contributed by atoms with E-state index in [9.17, 15) is 19.4 Å². The first-order valence-electron chi connectivity index (χ1n) is 28.9. The molecular formula is C58H114N2O6P+. The number of aliphatic hydroxyl groups excluding tert-OH is 1. The summed E-state index contributed by atoms with van der Waals surface area (Å²) >= 11 is 0. The number of phosphoric ester groups is 1. The number of aliphatic hydroxyl groups is 1. The van der Waals surface area contributed by atoms with E-state index in [4.69, 9.17) is 9.05 Å². The standard InChI is InChI=1S/C58H113N2O6P/c1-6-8-10-12-14-16-18-20-22-24-26-27-28-29-30-31-32-33-34-36-38-40-42-44-46-48-50-52-58(62)59-56(55-66-67(63,64)65-54-53-60(3,4)5)57(61)51-49-47-45-43-41-39-37-35-25-23-21-19-17-15-13-11-9-7-2/h18,20,24,26,49,51,56-57,61H,6-17,19,21-23,25,27-48,50,52-55H2,1-5H3,(H-,59,62,63,64)/p+1/b20-18-,26-24-,51-49+. The summed E-state index contributed by atoms with van der Waals surface area (Å²) in [6, 6.07) is -0.846. The fraction of sp³-hybridized carbons (Fsp3) is 0.879. The van der Waals surface area contributed by atoms with Crippen LogP contribution in [0.5, 0.6) is 0 Å². The Kier molecular flexibility index (Phi) is 48.7. The second-order valence-electron chi connectivity index (χ2n) is 21.0. The van der Waals surface area contributed by atoms with Gasteiger partial charge in [-0.15, -0.1) is 0 Å². The van der Waals surface area contributed by atoms with E-state index in [0.717, 1.165) is 44.9 Å². The van der Waals surface area contributed by atoms with Crippen molar-refractivity contribution < 1.29 is 32.9 Å². The molecule has 396 valence electrons.